The van der Waals surface area contributed by atoms with E-state index >= 15 is 0 Å². The van der Waals surface area contributed by atoms with Crippen LogP contribution in [0.1, 0.15) is 17.3 Å². The highest BCUT2D eigenvalue weighted by Crippen LogP contribution is 2.22. The van der Waals surface area contributed by atoms with Crippen molar-refractivity contribution < 1.29 is 14.6 Å². The Bertz CT molecular complexity index is 537. The van der Waals surface area contributed by atoms with Crippen LogP contribution in [-0.4, -0.2) is 22.7 Å². The van der Waals surface area contributed by atoms with Gasteiger partial charge in [-0.1, -0.05) is 0 Å². The van der Waals surface area contributed by atoms with Gasteiger partial charge in [-0.2, -0.15) is 0 Å². The summed E-state index contributed by atoms with van der Waals surface area (Å²) < 4.78 is 4.93. The number of phenols is 1. The Morgan fingerprint density at radius 2 is 2.25 bits per heavy atom. The summed E-state index contributed by atoms with van der Waals surface area (Å²) in [6.45, 7) is 2.07. The van der Waals surface area contributed by atoms with E-state index in [9.17, 15) is 9.90 Å². The van der Waals surface area contributed by atoms with E-state index in [1.165, 1.54) is 12.1 Å². The molecule has 4 heteroatoms. The molecule has 2 rings (SSSR count). The number of hydrogen-bond acceptors (Lipinski definition) is 4. The van der Waals surface area contributed by atoms with Gasteiger partial charge in [0.05, 0.1) is 17.7 Å². The first kappa shape index (κ1) is 10.4. The molecule has 0 aliphatic rings. The first-order chi connectivity index (χ1) is 7.72. The van der Waals surface area contributed by atoms with Gasteiger partial charge in [0.25, 0.3) is 0 Å². The van der Waals surface area contributed by atoms with E-state index < -0.39 is 5.97 Å². The molecule has 0 fully saturated rings. The van der Waals surface area contributed by atoms with Crippen LogP contribution in [0.3, 0.4) is 0 Å². The number of phenolic OH excluding ortho intramolecular Hbond substituents is 1. The first-order valence-electron chi connectivity index (χ1n) is 4.97. The van der Waals surface area contributed by atoms with Gasteiger partial charge in [0, 0.05) is 11.6 Å². The van der Waals surface area contributed by atoms with Gasteiger partial charge < -0.3 is 9.84 Å². The van der Waals surface area contributed by atoms with E-state index in [4.69, 9.17) is 4.74 Å². The topological polar surface area (TPSA) is 59.4 Å². The van der Waals surface area contributed by atoms with Gasteiger partial charge in [-0.05, 0) is 31.2 Å². The number of benzene rings is 1. The Labute approximate surface area is 92.5 Å². The molecule has 0 unspecified atom stereocenters. The molecule has 0 spiro atoms. The molecule has 4 nitrogen and oxygen atoms in total. The zero-order valence-corrected chi connectivity index (χ0v) is 8.80. The van der Waals surface area contributed by atoms with Crippen LogP contribution in [0.4, 0.5) is 0 Å². The monoisotopic (exact) mass is 217 g/mol. The van der Waals surface area contributed by atoms with E-state index in [1.807, 2.05) is 0 Å². The van der Waals surface area contributed by atoms with Gasteiger partial charge in [-0.3, -0.25) is 4.98 Å². The molecule has 1 aromatic carbocycles. The molecule has 0 atom stereocenters. The average molecular weight is 217 g/mol. The maximum Gasteiger partial charge on any atom is 0.338 e. The molecular weight excluding hydrogens is 206 g/mol. The zero-order chi connectivity index (χ0) is 11.5. The van der Waals surface area contributed by atoms with Crippen LogP contribution in [0.25, 0.3) is 10.9 Å². The average Bonchev–Trinajstić information content (AvgIpc) is 2.28. The van der Waals surface area contributed by atoms with Crippen LogP contribution in [0, 0.1) is 0 Å². The van der Waals surface area contributed by atoms with Crippen molar-refractivity contribution in [1.82, 2.24) is 4.98 Å². The van der Waals surface area contributed by atoms with Crippen molar-refractivity contribution in [1.29, 1.82) is 0 Å². The molecule has 0 saturated heterocycles. The van der Waals surface area contributed by atoms with Crippen molar-refractivity contribution in [2.75, 3.05) is 6.61 Å². The third-order valence-corrected chi connectivity index (χ3v) is 2.22. The van der Waals surface area contributed by atoms with Gasteiger partial charge in [-0.15, -0.1) is 0 Å². The molecule has 16 heavy (non-hydrogen) atoms. The third kappa shape index (κ3) is 1.82. The van der Waals surface area contributed by atoms with Crippen molar-refractivity contribution in [2.45, 2.75) is 6.92 Å². The molecule has 0 radical (unpaired) electrons. The summed E-state index contributed by atoms with van der Waals surface area (Å²) in [6.07, 6.45) is 1.55. The van der Waals surface area contributed by atoms with E-state index in [1.54, 1.807) is 25.3 Å². The fourth-order valence-electron chi connectivity index (χ4n) is 1.52. The van der Waals surface area contributed by atoms with Crippen LogP contribution in [0.15, 0.2) is 30.5 Å². The van der Waals surface area contributed by atoms with E-state index in [0.29, 0.717) is 23.1 Å². The Morgan fingerprint density at radius 3 is 3.00 bits per heavy atom. The highest BCUT2D eigenvalue weighted by molar-refractivity contribution is 6.03. The van der Waals surface area contributed by atoms with Crippen molar-refractivity contribution in [3.8, 4) is 5.75 Å². The normalized spacial score (nSPS) is 10.3. The molecule has 1 aromatic heterocycles. The second kappa shape index (κ2) is 4.18. The maximum atomic E-state index is 11.6. The predicted molar refractivity (Wildman–Crippen MR) is 59.4 cm³/mol. The van der Waals surface area contributed by atoms with Crippen LogP contribution < -0.4 is 0 Å². The number of hydrogen-bond donors (Lipinski definition) is 1. The minimum Gasteiger partial charge on any atom is -0.508 e. The number of rotatable bonds is 2. The quantitative estimate of drug-likeness (QED) is 0.783. The number of esters is 1. The van der Waals surface area contributed by atoms with Crippen LogP contribution >= 0.6 is 0 Å². The fourth-order valence-corrected chi connectivity index (χ4v) is 1.52. The summed E-state index contributed by atoms with van der Waals surface area (Å²) >= 11 is 0. The largest absolute Gasteiger partial charge is 0.508 e. The Hall–Kier alpha value is -2.10. The predicted octanol–water partition coefficient (Wildman–Crippen LogP) is 2.12. The summed E-state index contributed by atoms with van der Waals surface area (Å²) in [5, 5.41) is 9.98. The molecule has 0 amide bonds. The summed E-state index contributed by atoms with van der Waals surface area (Å²) in [5.41, 5.74) is 1.08. The van der Waals surface area contributed by atoms with Crippen LogP contribution in [-0.2, 0) is 4.74 Å². The lowest BCUT2D eigenvalue weighted by molar-refractivity contribution is 0.0528. The number of fused-ring (bicyclic) bond motifs is 1. The lowest BCUT2D eigenvalue weighted by atomic mass is 10.1. The molecule has 0 aliphatic heterocycles. The minimum absolute atomic E-state index is 0.103. The van der Waals surface area contributed by atoms with Crippen LogP contribution in [0.5, 0.6) is 5.75 Å². The number of ether oxygens (including phenoxy) is 1. The van der Waals surface area contributed by atoms with E-state index in [-0.39, 0.29) is 5.75 Å². The number of carbonyl (C=O) groups is 1. The van der Waals surface area contributed by atoms with Crippen molar-refractivity contribution >= 4 is 16.9 Å². The molecular formula is C12H11NO3. The summed E-state index contributed by atoms with van der Waals surface area (Å²) in [4.78, 5) is 15.7. The van der Waals surface area contributed by atoms with Gasteiger partial charge in [0.15, 0.2) is 0 Å². The van der Waals surface area contributed by atoms with Crippen molar-refractivity contribution in [3.63, 3.8) is 0 Å². The summed E-state index contributed by atoms with van der Waals surface area (Å²) in [5.74, 6) is -0.299. The lowest BCUT2D eigenvalue weighted by Crippen LogP contribution is -2.05. The van der Waals surface area contributed by atoms with Crippen molar-refractivity contribution in [2.24, 2.45) is 0 Å². The highest BCUT2D eigenvalue weighted by atomic mass is 16.5. The molecule has 2 aromatic rings. The van der Waals surface area contributed by atoms with Crippen molar-refractivity contribution in [3.05, 3.63) is 36.0 Å². The number of pyridine rings is 1. The SMILES string of the molecule is CCOC(=O)c1ccnc2ccc(O)cc12. The van der Waals surface area contributed by atoms with Gasteiger partial charge >= 0.3 is 5.97 Å². The molecule has 0 aliphatic carbocycles. The van der Waals surface area contributed by atoms with Crippen LogP contribution in [0.2, 0.25) is 0 Å². The third-order valence-electron chi connectivity index (χ3n) is 2.22. The maximum absolute atomic E-state index is 11.6. The smallest absolute Gasteiger partial charge is 0.338 e. The molecule has 0 bridgehead atoms. The zero-order valence-electron chi connectivity index (χ0n) is 8.80. The highest BCUT2D eigenvalue weighted by Gasteiger charge is 2.11. The number of aromatic nitrogens is 1. The standard InChI is InChI=1S/C12H11NO3/c1-2-16-12(15)9-5-6-13-11-4-3-8(14)7-10(9)11/h3-7,14H,2H2,1H3. The van der Waals surface area contributed by atoms with E-state index in [2.05, 4.69) is 4.98 Å². The molecule has 82 valence electrons. The summed E-state index contributed by atoms with van der Waals surface area (Å²) in [7, 11) is 0. The summed E-state index contributed by atoms with van der Waals surface area (Å²) in [6, 6.07) is 6.28. The first-order valence-corrected chi connectivity index (χ1v) is 4.97. The molecule has 1 heterocycles. The van der Waals surface area contributed by atoms with Gasteiger partial charge in [0.1, 0.15) is 5.75 Å². The number of aromatic hydroxyl groups is 1. The lowest BCUT2D eigenvalue weighted by Gasteiger charge is -2.05. The fraction of sp³-hybridized carbons (Fsp3) is 0.167. The second-order valence-corrected chi connectivity index (χ2v) is 3.28. The molecule has 0 saturated carbocycles. The van der Waals surface area contributed by atoms with E-state index in [0.717, 1.165) is 0 Å². The Kier molecular flexibility index (Phi) is 2.72. The molecule has 1 N–H and O–H groups in total. The van der Waals surface area contributed by atoms with Gasteiger partial charge in [-0.25, -0.2) is 4.79 Å². The van der Waals surface area contributed by atoms with Gasteiger partial charge in [0.2, 0.25) is 0 Å². The second-order valence-electron chi connectivity index (χ2n) is 3.28. The number of carbonyl (C=O) groups excluding carboxylic acids is 1. The number of nitrogens with zero attached hydrogens (tertiary/aromatic N) is 1. The minimum atomic E-state index is -0.402. The Morgan fingerprint density at radius 1 is 1.44 bits per heavy atom. The Balaban J connectivity index is 2.60.